The quantitative estimate of drug-likeness (QED) is 0.624. The van der Waals surface area contributed by atoms with E-state index in [0.29, 0.717) is 13.1 Å². The first-order chi connectivity index (χ1) is 7.01. The first-order valence-electron chi connectivity index (χ1n) is 5.63. The molecule has 96 valence electrons. The van der Waals surface area contributed by atoms with E-state index in [0.717, 1.165) is 12.8 Å². The van der Waals surface area contributed by atoms with Gasteiger partial charge in [0.05, 0.1) is 0 Å². The SMILES string of the molecule is CC(C)(N)CCN(CCC(C)(C)N)C(N)=O. The van der Waals surface area contributed by atoms with Crippen LogP contribution in [0, 0.1) is 0 Å². The first kappa shape index (κ1) is 15.2. The Morgan fingerprint density at radius 3 is 1.50 bits per heavy atom. The van der Waals surface area contributed by atoms with Crippen molar-refractivity contribution < 1.29 is 4.79 Å². The van der Waals surface area contributed by atoms with Crippen molar-refractivity contribution in [1.82, 2.24) is 4.90 Å². The molecule has 5 nitrogen and oxygen atoms in total. The van der Waals surface area contributed by atoms with Gasteiger partial charge in [-0.25, -0.2) is 4.79 Å². The zero-order chi connectivity index (χ0) is 13.0. The molecule has 0 atom stereocenters. The van der Waals surface area contributed by atoms with E-state index in [1.165, 1.54) is 0 Å². The second-order valence-electron chi connectivity index (χ2n) is 5.80. The highest BCUT2D eigenvalue weighted by molar-refractivity contribution is 5.71. The Kier molecular flexibility index (Phi) is 5.22. The van der Waals surface area contributed by atoms with Crippen LogP contribution in [0.5, 0.6) is 0 Å². The van der Waals surface area contributed by atoms with Gasteiger partial charge in [-0.1, -0.05) is 0 Å². The van der Waals surface area contributed by atoms with Crippen LogP contribution in [-0.4, -0.2) is 35.1 Å². The van der Waals surface area contributed by atoms with Crippen molar-refractivity contribution in [3.63, 3.8) is 0 Å². The molecule has 2 amide bonds. The molecule has 6 N–H and O–H groups in total. The molecule has 0 unspecified atom stereocenters. The van der Waals surface area contributed by atoms with Crippen LogP contribution in [-0.2, 0) is 0 Å². The molecular weight excluding hydrogens is 204 g/mol. The molecule has 0 aromatic rings. The lowest BCUT2D eigenvalue weighted by atomic mass is 10.0. The van der Waals surface area contributed by atoms with Crippen molar-refractivity contribution in [2.75, 3.05) is 13.1 Å². The number of rotatable bonds is 6. The number of carbonyl (C=O) groups excluding carboxylic acids is 1. The Balaban J connectivity index is 4.15. The summed E-state index contributed by atoms with van der Waals surface area (Å²) in [5, 5.41) is 0. The highest BCUT2D eigenvalue weighted by Gasteiger charge is 2.18. The monoisotopic (exact) mass is 230 g/mol. The summed E-state index contributed by atoms with van der Waals surface area (Å²) in [4.78, 5) is 12.8. The van der Waals surface area contributed by atoms with Gasteiger partial charge in [-0.3, -0.25) is 0 Å². The summed E-state index contributed by atoms with van der Waals surface area (Å²) in [6.07, 6.45) is 1.45. The fraction of sp³-hybridized carbons (Fsp3) is 0.909. The molecule has 0 rings (SSSR count). The number of carbonyl (C=O) groups is 1. The van der Waals surface area contributed by atoms with E-state index >= 15 is 0 Å². The average Bonchev–Trinajstić information content (AvgIpc) is 1.98. The zero-order valence-corrected chi connectivity index (χ0v) is 10.9. The van der Waals surface area contributed by atoms with Crippen LogP contribution in [0.2, 0.25) is 0 Å². The fourth-order valence-electron chi connectivity index (χ4n) is 1.18. The Bertz CT molecular complexity index is 209. The van der Waals surface area contributed by atoms with Gasteiger partial charge in [-0.2, -0.15) is 0 Å². The number of hydrogen-bond donors (Lipinski definition) is 3. The average molecular weight is 230 g/mol. The fourth-order valence-corrected chi connectivity index (χ4v) is 1.18. The van der Waals surface area contributed by atoms with Crippen molar-refractivity contribution in [1.29, 1.82) is 0 Å². The minimum Gasteiger partial charge on any atom is -0.351 e. The number of amides is 2. The van der Waals surface area contributed by atoms with E-state index in [1.807, 2.05) is 27.7 Å². The highest BCUT2D eigenvalue weighted by atomic mass is 16.2. The van der Waals surface area contributed by atoms with E-state index < -0.39 is 6.03 Å². The van der Waals surface area contributed by atoms with Gasteiger partial charge in [0.15, 0.2) is 0 Å². The maximum absolute atomic E-state index is 11.2. The van der Waals surface area contributed by atoms with Crippen molar-refractivity contribution in [2.24, 2.45) is 17.2 Å². The minimum atomic E-state index is -0.409. The van der Waals surface area contributed by atoms with Gasteiger partial charge in [0, 0.05) is 24.2 Å². The van der Waals surface area contributed by atoms with Gasteiger partial charge in [0.2, 0.25) is 0 Å². The van der Waals surface area contributed by atoms with Crippen LogP contribution in [0.25, 0.3) is 0 Å². The standard InChI is InChI=1S/C11H26N4O/c1-10(2,13)5-7-15(9(12)16)8-6-11(3,4)14/h5-8,13-14H2,1-4H3,(H2,12,16). The summed E-state index contributed by atoms with van der Waals surface area (Å²) < 4.78 is 0. The largest absolute Gasteiger partial charge is 0.351 e. The van der Waals surface area contributed by atoms with Gasteiger partial charge in [-0.05, 0) is 40.5 Å². The van der Waals surface area contributed by atoms with Crippen molar-refractivity contribution in [3.8, 4) is 0 Å². The molecule has 16 heavy (non-hydrogen) atoms. The van der Waals surface area contributed by atoms with E-state index in [9.17, 15) is 4.79 Å². The van der Waals surface area contributed by atoms with Gasteiger partial charge in [0.25, 0.3) is 0 Å². The second kappa shape index (κ2) is 5.50. The summed E-state index contributed by atoms with van der Waals surface area (Å²) in [6, 6.07) is -0.409. The van der Waals surface area contributed by atoms with Crippen LogP contribution in [0.3, 0.4) is 0 Å². The molecule has 0 fully saturated rings. The van der Waals surface area contributed by atoms with Crippen molar-refractivity contribution in [3.05, 3.63) is 0 Å². The zero-order valence-electron chi connectivity index (χ0n) is 10.9. The number of hydrogen-bond acceptors (Lipinski definition) is 3. The van der Waals surface area contributed by atoms with Crippen LogP contribution in [0.15, 0.2) is 0 Å². The molecule has 0 aromatic heterocycles. The molecule has 0 aliphatic rings. The second-order valence-corrected chi connectivity index (χ2v) is 5.80. The highest BCUT2D eigenvalue weighted by Crippen LogP contribution is 2.09. The van der Waals surface area contributed by atoms with Crippen LogP contribution < -0.4 is 17.2 Å². The summed E-state index contributed by atoms with van der Waals surface area (Å²) >= 11 is 0. The lowest BCUT2D eigenvalue weighted by Crippen LogP contribution is -2.45. The third-order valence-electron chi connectivity index (χ3n) is 2.36. The molecule has 0 aliphatic carbocycles. The third kappa shape index (κ3) is 8.49. The minimum absolute atomic E-state index is 0.286. The Hall–Kier alpha value is -0.810. The normalized spacial score (nSPS) is 12.6. The molecule has 0 saturated carbocycles. The lowest BCUT2D eigenvalue weighted by Gasteiger charge is -2.28. The molecule has 0 heterocycles. The predicted molar refractivity (Wildman–Crippen MR) is 66.9 cm³/mol. The third-order valence-corrected chi connectivity index (χ3v) is 2.36. The number of primary amides is 1. The van der Waals surface area contributed by atoms with E-state index in [-0.39, 0.29) is 11.1 Å². The van der Waals surface area contributed by atoms with Crippen LogP contribution in [0.4, 0.5) is 4.79 Å². The number of nitrogens with two attached hydrogens (primary N) is 3. The molecule has 0 aromatic carbocycles. The van der Waals surface area contributed by atoms with Crippen LogP contribution >= 0.6 is 0 Å². The molecular formula is C11H26N4O. The number of urea groups is 1. The topological polar surface area (TPSA) is 98.4 Å². The summed E-state index contributed by atoms with van der Waals surface area (Å²) in [6.45, 7) is 8.87. The van der Waals surface area contributed by atoms with E-state index in [2.05, 4.69) is 0 Å². The molecule has 0 saturated heterocycles. The van der Waals surface area contributed by atoms with Crippen molar-refractivity contribution >= 4 is 6.03 Å². The predicted octanol–water partition coefficient (Wildman–Crippen LogP) is 0.622. The smallest absolute Gasteiger partial charge is 0.314 e. The number of nitrogens with zero attached hydrogens (tertiary/aromatic N) is 1. The maximum Gasteiger partial charge on any atom is 0.314 e. The van der Waals surface area contributed by atoms with Crippen LogP contribution in [0.1, 0.15) is 40.5 Å². The molecule has 0 bridgehead atoms. The molecule has 0 aliphatic heterocycles. The molecule has 5 heteroatoms. The Morgan fingerprint density at radius 1 is 1.00 bits per heavy atom. The van der Waals surface area contributed by atoms with Gasteiger partial charge in [0.1, 0.15) is 0 Å². The first-order valence-corrected chi connectivity index (χ1v) is 5.63. The molecule has 0 radical (unpaired) electrons. The summed E-state index contributed by atoms with van der Waals surface area (Å²) in [5.41, 5.74) is 16.5. The summed E-state index contributed by atoms with van der Waals surface area (Å²) in [7, 11) is 0. The van der Waals surface area contributed by atoms with Gasteiger partial charge in [-0.15, -0.1) is 0 Å². The van der Waals surface area contributed by atoms with Gasteiger partial charge >= 0.3 is 6.03 Å². The molecule has 0 spiro atoms. The van der Waals surface area contributed by atoms with E-state index in [1.54, 1.807) is 4.90 Å². The Morgan fingerprint density at radius 2 is 1.31 bits per heavy atom. The maximum atomic E-state index is 11.2. The van der Waals surface area contributed by atoms with Crippen molar-refractivity contribution in [2.45, 2.75) is 51.6 Å². The van der Waals surface area contributed by atoms with Gasteiger partial charge < -0.3 is 22.1 Å². The summed E-state index contributed by atoms with van der Waals surface area (Å²) in [5.74, 6) is 0. The van der Waals surface area contributed by atoms with E-state index in [4.69, 9.17) is 17.2 Å². The lowest BCUT2D eigenvalue weighted by molar-refractivity contribution is 0.197. The Labute approximate surface area is 98.3 Å².